The molecule has 0 rings (SSSR count). The first-order valence-electron chi connectivity index (χ1n) is 11.2. The van der Waals surface area contributed by atoms with Crippen molar-refractivity contribution in [1.82, 2.24) is 16.0 Å². The van der Waals surface area contributed by atoms with Crippen LogP contribution in [0.5, 0.6) is 0 Å². The van der Waals surface area contributed by atoms with E-state index in [0.717, 1.165) is 0 Å². The summed E-state index contributed by atoms with van der Waals surface area (Å²) in [7, 11) is 0. The second-order valence-electron chi connectivity index (χ2n) is 7.89. The molecule has 0 radical (unpaired) electrons. The third kappa shape index (κ3) is 15.2. The summed E-state index contributed by atoms with van der Waals surface area (Å²) in [5.74, 6) is -6.61. The van der Waals surface area contributed by atoms with Crippen molar-refractivity contribution >= 4 is 53.4 Å². The SMILES string of the molecule is CSCCC(NC(=O)C(CCC(=O)O)NC(=O)C(N)CCCN=C(N)N)C(=O)NC(CC(=O)O)C(=O)O. The summed E-state index contributed by atoms with van der Waals surface area (Å²) in [4.78, 5) is 75.1. The zero-order valence-corrected chi connectivity index (χ0v) is 21.2. The van der Waals surface area contributed by atoms with Gasteiger partial charge in [0.25, 0.3) is 0 Å². The molecule has 16 nitrogen and oxygen atoms in total. The molecule has 0 aromatic carbocycles. The number of rotatable bonds is 19. The number of carboxylic acids is 3. The molecule has 4 atom stereocenters. The predicted molar refractivity (Wildman–Crippen MR) is 133 cm³/mol. The van der Waals surface area contributed by atoms with Gasteiger partial charge >= 0.3 is 17.9 Å². The zero-order chi connectivity index (χ0) is 28.5. The summed E-state index contributed by atoms with van der Waals surface area (Å²) in [5, 5.41) is 33.9. The molecule has 17 heteroatoms. The maximum absolute atomic E-state index is 12.9. The number of carbonyl (C=O) groups excluding carboxylic acids is 3. The Morgan fingerprint density at radius 3 is 1.84 bits per heavy atom. The highest BCUT2D eigenvalue weighted by atomic mass is 32.2. The molecule has 210 valence electrons. The normalized spacial score (nSPS) is 13.8. The summed E-state index contributed by atoms with van der Waals surface area (Å²) in [6.07, 6.45) is 0.600. The number of nitrogens with two attached hydrogens (primary N) is 3. The second kappa shape index (κ2) is 17.8. The van der Waals surface area contributed by atoms with E-state index in [0.29, 0.717) is 12.2 Å². The smallest absolute Gasteiger partial charge is 0.326 e. The van der Waals surface area contributed by atoms with Crippen molar-refractivity contribution in [2.24, 2.45) is 22.2 Å². The number of hydrogen-bond acceptors (Lipinski definition) is 9. The number of nitrogens with zero attached hydrogens (tertiary/aromatic N) is 1. The molecule has 0 saturated heterocycles. The third-order valence-electron chi connectivity index (χ3n) is 4.82. The number of aliphatic carboxylic acids is 3. The van der Waals surface area contributed by atoms with E-state index in [2.05, 4.69) is 20.9 Å². The van der Waals surface area contributed by atoms with Crippen LogP contribution in [0.3, 0.4) is 0 Å². The average molecular weight is 550 g/mol. The number of nitrogens with one attached hydrogen (secondary N) is 3. The van der Waals surface area contributed by atoms with Gasteiger partial charge in [0.1, 0.15) is 18.1 Å². The fourth-order valence-corrected chi connectivity index (χ4v) is 3.36. The van der Waals surface area contributed by atoms with Crippen LogP contribution in [0.1, 0.15) is 38.5 Å². The van der Waals surface area contributed by atoms with Crippen LogP contribution in [0, 0.1) is 0 Å². The fourth-order valence-electron chi connectivity index (χ4n) is 2.89. The van der Waals surface area contributed by atoms with Gasteiger partial charge in [-0.1, -0.05) is 0 Å². The lowest BCUT2D eigenvalue weighted by Gasteiger charge is -2.24. The Kier molecular flexibility index (Phi) is 16.0. The van der Waals surface area contributed by atoms with Crippen molar-refractivity contribution in [2.75, 3.05) is 18.6 Å². The summed E-state index contributed by atoms with van der Waals surface area (Å²) >= 11 is 1.33. The topological polar surface area (TPSA) is 290 Å². The van der Waals surface area contributed by atoms with Crippen molar-refractivity contribution in [3.63, 3.8) is 0 Å². The van der Waals surface area contributed by atoms with Crippen LogP contribution in [0.25, 0.3) is 0 Å². The van der Waals surface area contributed by atoms with Crippen LogP contribution in [-0.4, -0.2) is 99.6 Å². The minimum absolute atomic E-state index is 0.0437. The highest BCUT2D eigenvalue weighted by Crippen LogP contribution is 2.06. The van der Waals surface area contributed by atoms with E-state index in [4.69, 9.17) is 27.4 Å². The first kappa shape index (κ1) is 33.4. The molecule has 12 N–H and O–H groups in total. The Bertz CT molecular complexity index is 852. The number of guanidine groups is 1. The van der Waals surface area contributed by atoms with Gasteiger partial charge in [-0.25, -0.2) is 4.79 Å². The molecule has 4 unspecified atom stereocenters. The number of amides is 3. The molecule has 0 aliphatic carbocycles. The van der Waals surface area contributed by atoms with Gasteiger partial charge in [-0.3, -0.25) is 29.0 Å². The van der Waals surface area contributed by atoms with Crippen LogP contribution < -0.4 is 33.2 Å². The van der Waals surface area contributed by atoms with Gasteiger partial charge in [0.05, 0.1) is 12.5 Å². The molecule has 0 aliphatic heterocycles. The Morgan fingerprint density at radius 2 is 1.35 bits per heavy atom. The summed E-state index contributed by atoms with van der Waals surface area (Å²) in [5.41, 5.74) is 16.3. The second-order valence-corrected chi connectivity index (χ2v) is 8.87. The van der Waals surface area contributed by atoms with E-state index < -0.39 is 72.6 Å². The lowest BCUT2D eigenvalue weighted by atomic mass is 10.1. The van der Waals surface area contributed by atoms with Gasteiger partial charge in [-0.15, -0.1) is 0 Å². The first-order chi connectivity index (χ1) is 17.3. The maximum Gasteiger partial charge on any atom is 0.326 e. The Morgan fingerprint density at radius 1 is 0.811 bits per heavy atom. The van der Waals surface area contributed by atoms with E-state index in [1.807, 2.05) is 0 Å². The predicted octanol–water partition coefficient (Wildman–Crippen LogP) is -3.00. The van der Waals surface area contributed by atoms with Gasteiger partial charge in [-0.05, 0) is 37.7 Å². The minimum atomic E-state index is -1.74. The monoisotopic (exact) mass is 549 g/mol. The van der Waals surface area contributed by atoms with Crippen molar-refractivity contribution in [2.45, 2.75) is 62.7 Å². The van der Waals surface area contributed by atoms with Crippen molar-refractivity contribution < 1.29 is 44.1 Å². The Labute approximate surface area is 217 Å². The van der Waals surface area contributed by atoms with Gasteiger partial charge in [-0.2, -0.15) is 11.8 Å². The van der Waals surface area contributed by atoms with Crippen LogP contribution in [0.15, 0.2) is 4.99 Å². The fraction of sp³-hybridized carbons (Fsp3) is 0.650. The highest BCUT2D eigenvalue weighted by molar-refractivity contribution is 7.98. The van der Waals surface area contributed by atoms with Gasteiger partial charge in [0.2, 0.25) is 17.7 Å². The first-order valence-corrected chi connectivity index (χ1v) is 12.5. The van der Waals surface area contributed by atoms with E-state index in [1.165, 1.54) is 11.8 Å². The molecule has 0 bridgehead atoms. The van der Waals surface area contributed by atoms with Crippen molar-refractivity contribution in [3.8, 4) is 0 Å². The van der Waals surface area contributed by atoms with Gasteiger partial charge in [0, 0.05) is 13.0 Å². The number of carbonyl (C=O) groups is 6. The largest absolute Gasteiger partial charge is 0.481 e. The molecular formula is C20H35N7O9S. The highest BCUT2D eigenvalue weighted by Gasteiger charge is 2.31. The van der Waals surface area contributed by atoms with E-state index in [9.17, 15) is 33.9 Å². The summed E-state index contributed by atoms with van der Waals surface area (Å²) in [6, 6.07) is -5.45. The summed E-state index contributed by atoms with van der Waals surface area (Å²) in [6.45, 7) is 0.220. The number of aliphatic imine (C=N–C) groups is 1. The van der Waals surface area contributed by atoms with E-state index >= 15 is 0 Å². The standard InChI is InChI=1S/C20H35N7O9S/c1-37-8-6-12(18(34)27-13(19(35)36)9-15(30)31)26-17(33)11(4-5-14(28)29)25-16(32)10(21)3-2-7-24-20(22)23/h10-13H,2-9,21H2,1H3,(H,25,32)(H,26,33)(H,27,34)(H,28,29)(H,30,31)(H,35,36)(H4,22,23,24). The molecule has 0 aliphatic rings. The lowest BCUT2D eigenvalue weighted by Crippen LogP contribution is -2.57. The maximum atomic E-state index is 12.9. The Hall–Kier alpha value is -3.60. The molecular weight excluding hydrogens is 514 g/mol. The molecule has 0 spiro atoms. The zero-order valence-electron chi connectivity index (χ0n) is 20.3. The van der Waals surface area contributed by atoms with Gasteiger partial charge in [0.15, 0.2) is 5.96 Å². The number of hydrogen-bond donors (Lipinski definition) is 9. The third-order valence-corrected chi connectivity index (χ3v) is 5.47. The van der Waals surface area contributed by atoms with Crippen molar-refractivity contribution in [3.05, 3.63) is 0 Å². The van der Waals surface area contributed by atoms with Crippen molar-refractivity contribution in [1.29, 1.82) is 0 Å². The van der Waals surface area contributed by atoms with Crippen LogP contribution in [0.2, 0.25) is 0 Å². The van der Waals surface area contributed by atoms with E-state index in [1.54, 1.807) is 6.26 Å². The van der Waals surface area contributed by atoms with E-state index in [-0.39, 0.29) is 31.8 Å². The minimum Gasteiger partial charge on any atom is -0.481 e. The summed E-state index contributed by atoms with van der Waals surface area (Å²) < 4.78 is 0. The molecule has 0 heterocycles. The van der Waals surface area contributed by atoms with Crippen LogP contribution in [0.4, 0.5) is 0 Å². The number of thioether (sulfide) groups is 1. The molecule has 3 amide bonds. The van der Waals surface area contributed by atoms with Crippen LogP contribution >= 0.6 is 11.8 Å². The number of carboxylic acid groups (broad SMARTS) is 3. The molecule has 0 saturated carbocycles. The van der Waals surface area contributed by atoms with Crippen LogP contribution in [-0.2, 0) is 28.8 Å². The quantitative estimate of drug-likeness (QED) is 0.0441. The van der Waals surface area contributed by atoms with Gasteiger partial charge < -0.3 is 48.5 Å². The molecule has 0 aromatic rings. The average Bonchev–Trinajstić information content (AvgIpc) is 2.80. The molecule has 0 fully saturated rings. The molecule has 37 heavy (non-hydrogen) atoms. The lowest BCUT2D eigenvalue weighted by molar-refractivity contribution is -0.147. The Balaban J connectivity index is 5.47. The molecule has 0 aromatic heterocycles.